The van der Waals surface area contributed by atoms with Crippen LogP contribution >= 0.6 is 11.8 Å². The van der Waals surface area contributed by atoms with Gasteiger partial charge in [-0.2, -0.15) is 0 Å². The van der Waals surface area contributed by atoms with Crippen molar-refractivity contribution in [1.29, 1.82) is 0 Å². The van der Waals surface area contributed by atoms with Crippen LogP contribution in [0.15, 0.2) is 53.4 Å². The summed E-state index contributed by atoms with van der Waals surface area (Å²) >= 11 is 1.89. The number of thioether (sulfide) groups is 1. The summed E-state index contributed by atoms with van der Waals surface area (Å²) in [6.45, 7) is 4.43. The van der Waals surface area contributed by atoms with Gasteiger partial charge in [-0.1, -0.05) is 38.1 Å². The van der Waals surface area contributed by atoms with E-state index in [0.29, 0.717) is 11.0 Å². The van der Waals surface area contributed by atoms with Gasteiger partial charge in [0.05, 0.1) is 0 Å². The molecule has 2 nitrogen and oxygen atoms in total. The van der Waals surface area contributed by atoms with Gasteiger partial charge < -0.3 is 10.8 Å². The number of phenolic OH excluding ortho intramolecular Hbond substituents is 1. The average molecular weight is 327 g/mol. The fourth-order valence-electron chi connectivity index (χ4n) is 3.98. The van der Waals surface area contributed by atoms with Crippen molar-refractivity contribution >= 4 is 11.8 Å². The maximum absolute atomic E-state index is 9.95. The predicted molar refractivity (Wildman–Crippen MR) is 98.1 cm³/mol. The SMILES string of the molecule is CCC1(CC)c2cc(O)ccc2C[C@H](Sc2ccccc2)[C@H]1N. The van der Waals surface area contributed by atoms with E-state index < -0.39 is 0 Å². The van der Waals surface area contributed by atoms with Crippen LogP contribution in [0, 0.1) is 0 Å². The molecule has 23 heavy (non-hydrogen) atoms. The first kappa shape index (κ1) is 16.4. The second-order valence-corrected chi connectivity index (χ2v) is 7.72. The van der Waals surface area contributed by atoms with Gasteiger partial charge in [-0.3, -0.25) is 0 Å². The molecular weight excluding hydrogens is 302 g/mol. The normalized spacial score (nSPS) is 22.6. The Hall–Kier alpha value is -1.45. The Labute approximate surface area is 143 Å². The number of rotatable bonds is 4. The van der Waals surface area contributed by atoms with E-state index >= 15 is 0 Å². The molecule has 3 N–H and O–H groups in total. The van der Waals surface area contributed by atoms with Crippen molar-refractivity contribution in [2.24, 2.45) is 5.73 Å². The highest BCUT2D eigenvalue weighted by atomic mass is 32.2. The highest BCUT2D eigenvalue weighted by molar-refractivity contribution is 8.00. The number of phenols is 1. The Morgan fingerprint density at radius 3 is 2.48 bits per heavy atom. The maximum Gasteiger partial charge on any atom is 0.115 e. The van der Waals surface area contributed by atoms with Gasteiger partial charge in [0.25, 0.3) is 0 Å². The minimum atomic E-state index is -0.0568. The third kappa shape index (κ3) is 2.88. The molecule has 0 radical (unpaired) electrons. The first-order valence-corrected chi connectivity index (χ1v) is 9.28. The summed E-state index contributed by atoms with van der Waals surface area (Å²) in [4.78, 5) is 1.27. The second-order valence-electron chi connectivity index (χ2n) is 6.40. The summed E-state index contributed by atoms with van der Waals surface area (Å²) in [6.07, 6.45) is 2.94. The summed E-state index contributed by atoms with van der Waals surface area (Å²) in [5.74, 6) is 0.344. The summed E-state index contributed by atoms with van der Waals surface area (Å²) in [5.41, 5.74) is 9.32. The van der Waals surface area contributed by atoms with Crippen LogP contribution in [0.1, 0.15) is 37.8 Å². The fourth-order valence-corrected chi connectivity index (χ4v) is 5.31. The molecular formula is C20H25NOS. The Morgan fingerprint density at radius 1 is 1.13 bits per heavy atom. The number of hydrogen-bond acceptors (Lipinski definition) is 3. The Bertz CT molecular complexity index is 667. The number of nitrogens with two attached hydrogens (primary N) is 1. The molecule has 0 saturated heterocycles. The van der Waals surface area contributed by atoms with E-state index in [4.69, 9.17) is 5.73 Å². The van der Waals surface area contributed by atoms with E-state index in [9.17, 15) is 5.11 Å². The molecule has 0 aliphatic heterocycles. The second kappa shape index (κ2) is 6.58. The minimum Gasteiger partial charge on any atom is -0.508 e. The highest BCUT2D eigenvalue weighted by Crippen LogP contribution is 2.47. The van der Waals surface area contributed by atoms with Crippen LogP contribution in [0.3, 0.4) is 0 Å². The fraction of sp³-hybridized carbons (Fsp3) is 0.400. The van der Waals surface area contributed by atoms with Crippen molar-refractivity contribution in [2.75, 3.05) is 0 Å². The third-order valence-corrected chi connectivity index (χ3v) is 6.69. The summed E-state index contributed by atoms with van der Waals surface area (Å²) < 4.78 is 0. The zero-order chi connectivity index (χ0) is 16.4. The average Bonchev–Trinajstić information content (AvgIpc) is 2.58. The van der Waals surface area contributed by atoms with Crippen LogP contribution in [-0.2, 0) is 11.8 Å². The molecule has 2 aromatic rings. The molecule has 3 heteroatoms. The molecule has 2 aromatic carbocycles. The van der Waals surface area contributed by atoms with E-state index in [1.807, 2.05) is 23.9 Å². The number of hydrogen-bond donors (Lipinski definition) is 2. The summed E-state index contributed by atoms with van der Waals surface area (Å²) in [7, 11) is 0. The van der Waals surface area contributed by atoms with Crippen molar-refractivity contribution < 1.29 is 5.11 Å². The molecule has 0 aromatic heterocycles. The molecule has 3 rings (SSSR count). The van der Waals surface area contributed by atoms with E-state index in [1.54, 1.807) is 6.07 Å². The van der Waals surface area contributed by atoms with Gasteiger partial charge in [0.1, 0.15) is 5.75 Å². The Kier molecular flexibility index (Phi) is 4.69. The minimum absolute atomic E-state index is 0.0568. The summed E-state index contributed by atoms with van der Waals surface area (Å²) in [5, 5.41) is 10.3. The lowest BCUT2D eigenvalue weighted by molar-refractivity contribution is 0.290. The first-order valence-electron chi connectivity index (χ1n) is 8.40. The van der Waals surface area contributed by atoms with Crippen LogP contribution in [-0.4, -0.2) is 16.4 Å². The van der Waals surface area contributed by atoms with Crippen LogP contribution < -0.4 is 5.73 Å². The zero-order valence-corrected chi connectivity index (χ0v) is 14.6. The smallest absolute Gasteiger partial charge is 0.115 e. The molecule has 1 aliphatic rings. The monoisotopic (exact) mass is 327 g/mol. The van der Waals surface area contributed by atoms with Gasteiger partial charge >= 0.3 is 0 Å². The van der Waals surface area contributed by atoms with Gasteiger partial charge in [-0.15, -0.1) is 11.8 Å². The standard InChI is InChI=1S/C20H25NOS/c1-3-20(4-2)17-13-15(22)11-10-14(17)12-18(19(20)21)23-16-8-6-5-7-9-16/h5-11,13,18-19,22H,3-4,12,21H2,1-2H3/t18-,19+/m0/s1. The number of aromatic hydroxyl groups is 1. The van der Waals surface area contributed by atoms with Crippen LogP contribution in [0.25, 0.3) is 0 Å². The molecule has 0 amide bonds. The Morgan fingerprint density at radius 2 is 1.83 bits per heavy atom. The van der Waals surface area contributed by atoms with Crippen molar-refractivity contribution in [3.05, 3.63) is 59.7 Å². The molecule has 0 spiro atoms. The zero-order valence-electron chi connectivity index (χ0n) is 13.8. The predicted octanol–water partition coefficient (Wildman–Crippen LogP) is 4.49. The molecule has 122 valence electrons. The van der Waals surface area contributed by atoms with Crippen molar-refractivity contribution in [1.82, 2.24) is 0 Å². The van der Waals surface area contributed by atoms with Crippen molar-refractivity contribution in [3.8, 4) is 5.75 Å². The van der Waals surface area contributed by atoms with Crippen LogP contribution in [0.5, 0.6) is 5.75 Å². The third-order valence-electron chi connectivity index (χ3n) is 5.38. The van der Waals surface area contributed by atoms with Gasteiger partial charge in [0.2, 0.25) is 0 Å². The van der Waals surface area contributed by atoms with E-state index in [1.165, 1.54) is 16.0 Å². The Balaban J connectivity index is 2.01. The number of fused-ring (bicyclic) bond motifs is 1. The van der Waals surface area contributed by atoms with Crippen LogP contribution in [0.4, 0.5) is 0 Å². The highest BCUT2D eigenvalue weighted by Gasteiger charge is 2.45. The van der Waals surface area contributed by atoms with Crippen molar-refractivity contribution in [2.45, 2.75) is 54.7 Å². The molecule has 0 heterocycles. The molecule has 2 atom stereocenters. The number of benzene rings is 2. The lowest BCUT2D eigenvalue weighted by Gasteiger charge is -2.47. The van der Waals surface area contributed by atoms with Crippen molar-refractivity contribution in [3.63, 3.8) is 0 Å². The van der Waals surface area contributed by atoms with Crippen LogP contribution in [0.2, 0.25) is 0 Å². The quantitative estimate of drug-likeness (QED) is 0.869. The van der Waals surface area contributed by atoms with Gasteiger partial charge in [0, 0.05) is 21.6 Å². The molecule has 0 unspecified atom stereocenters. The largest absolute Gasteiger partial charge is 0.508 e. The lowest BCUT2D eigenvalue weighted by atomic mass is 9.63. The lowest BCUT2D eigenvalue weighted by Crippen LogP contribution is -2.54. The summed E-state index contributed by atoms with van der Waals surface area (Å²) in [6, 6.07) is 16.4. The van der Waals surface area contributed by atoms with Gasteiger partial charge in [-0.25, -0.2) is 0 Å². The van der Waals surface area contributed by atoms with E-state index in [2.05, 4.69) is 44.2 Å². The topological polar surface area (TPSA) is 46.2 Å². The molecule has 0 saturated carbocycles. The van der Waals surface area contributed by atoms with E-state index in [-0.39, 0.29) is 11.5 Å². The molecule has 1 aliphatic carbocycles. The van der Waals surface area contributed by atoms with Gasteiger partial charge in [-0.05, 0) is 54.7 Å². The van der Waals surface area contributed by atoms with E-state index in [0.717, 1.165) is 19.3 Å². The molecule has 0 bridgehead atoms. The first-order chi connectivity index (χ1) is 11.1. The maximum atomic E-state index is 9.95. The van der Waals surface area contributed by atoms with Gasteiger partial charge in [0.15, 0.2) is 0 Å². The molecule has 0 fully saturated rings.